The third kappa shape index (κ3) is 0.816. The topological polar surface area (TPSA) is 20.2 Å². The first-order valence-corrected chi connectivity index (χ1v) is 3.89. The standard InChI is InChI=1S/C9H12O/c10-9-7-3-1-2-4-8(9)6-5-7/h1-2,5-10H,3-4H2/t7-,8-/m1/s1. The van der Waals surface area contributed by atoms with E-state index in [-0.39, 0.29) is 6.10 Å². The van der Waals surface area contributed by atoms with Crippen LogP contribution in [-0.2, 0) is 0 Å². The molecule has 0 spiro atoms. The summed E-state index contributed by atoms with van der Waals surface area (Å²) in [5.74, 6) is 0.812. The minimum atomic E-state index is -0.102. The average molecular weight is 136 g/mol. The van der Waals surface area contributed by atoms with Gasteiger partial charge < -0.3 is 5.11 Å². The van der Waals surface area contributed by atoms with Crippen molar-refractivity contribution in [2.24, 2.45) is 11.8 Å². The molecule has 2 bridgehead atoms. The second kappa shape index (κ2) is 2.24. The predicted molar refractivity (Wildman–Crippen MR) is 40.5 cm³/mol. The molecule has 1 heteroatoms. The van der Waals surface area contributed by atoms with Gasteiger partial charge in [-0.1, -0.05) is 24.3 Å². The Morgan fingerprint density at radius 3 is 2.00 bits per heavy atom. The Labute approximate surface area is 61.1 Å². The Morgan fingerprint density at radius 1 is 1.00 bits per heavy atom. The van der Waals surface area contributed by atoms with E-state index >= 15 is 0 Å². The second-order valence-electron chi connectivity index (χ2n) is 3.15. The number of allylic oxidation sites excluding steroid dienone is 2. The molecule has 0 saturated heterocycles. The Kier molecular flexibility index (Phi) is 1.38. The van der Waals surface area contributed by atoms with Crippen LogP contribution in [0.1, 0.15) is 12.8 Å². The Bertz CT molecular complexity index is 163. The molecule has 0 radical (unpaired) electrons. The van der Waals surface area contributed by atoms with Crippen molar-refractivity contribution in [2.45, 2.75) is 18.9 Å². The molecule has 0 heterocycles. The smallest absolute Gasteiger partial charge is 0.0671 e. The van der Waals surface area contributed by atoms with Crippen molar-refractivity contribution in [3.05, 3.63) is 24.3 Å². The average Bonchev–Trinajstić information content (AvgIpc) is 2.06. The number of hydrogen-bond donors (Lipinski definition) is 1. The molecule has 2 aliphatic carbocycles. The normalized spacial score (nSPS) is 43.9. The molecule has 0 aliphatic heterocycles. The van der Waals surface area contributed by atoms with E-state index in [1.165, 1.54) is 0 Å². The molecule has 1 N–H and O–H groups in total. The van der Waals surface area contributed by atoms with Crippen LogP contribution in [0, 0.1) is 11.8 Å². The first-order chi connectivity index (χ1) is 4.88. The molecule has 0 fully saturated rings. The molecule has 54 valence electrons. The monoisotopic (exact) mass is 136 g/mol. The first kappa shape index (κ1) is 6.17. The molecule has 2 atom stereocenters. The van der Waals surface area contributed by atoms with Crippen LogP contribution in [0.2, 0.25) is 0 Å². The van der Waals surface area contributed by atoms with E-state index in [1.54, 1.807) is 0 Å². The molecular formula is C9H12O. The van der Waals surface area contributed by atoms with Crippen LogP contribution in [0.25, 0.3) is 0 Å². The number of rotatable bonds is 0. The zero-order valence-electron chi connectivity index (χ0n) is 5.90. The summed E-state index contributed by atoms with van der Waals surface area (Å²) in [7, 11) is 0. The Hall–Kier alpha value is -0.560. The van der Waals surface area contributed by atoms with Gasteiger partial charge in [0.05, 0.1) is 6.10 Å². The Balaban J connectivity index is 2.21. The summed E-state index contributed by atoms with van der Waals surface area (Å²) in [6.45, 7) is 0. The van der Waals surface area contributed by atoms with Crippen LogP contribution in [0.5, 0.6) is 0 Å². The summed E-state index contributed by atoms with van der Waals surface area (Å²) in [4.78, 5) is 0. The van der Waals surface area contributed by atoms with Crippen LogP contribution in [0.15, 0.2) is 24.3 Å². The summed E-state index contributed by atoms with van der Waals surface area (Å²) < 4.78 is 0. The largest absolute Gasteiger partial charge is 0.392 e. The fourth-order valence-electron chi connectivity index (χ4n) is 1.77. The van der Waals surface area contributed by atoms with E-state index in [0.29, 0.717) is 11.8 Å². The highest BCUT2D eigenvalue weighted by Crippen LogP contribution is 2.31. The van der Waals surface area contributed by atoms with Crippen molar-refractivity contribution >= 4 is 0 Å². The molecule has 0 saturated carbocycles. The van der Waals surface area contributed by atoms with Crippen molar-refractivity contribution in [1.82, 2.24) is 0 Å². The maximum Gasteiger partial charge on any atom is 0.0671 e. The molecule has 0 amide bonds. The molecule has 1 nitrogen and oxygen atoms in total. The number of hydrogen-bond acceptors (Lipinski definition) is 1. The van der Waals surface area contributed by atoms with E-state index < -0.39 is 0 Å². The summed E-state index contributed by atoms with van der Waals surface area (Å²) in [6.07, 6.45) is 10.6. The van der Waals surface area contributed by atoms with E-state index in [4.69, 9.17) is 0 Å². The van der Waals surface area contributed by atoms with Crippen molar-refractivity contribution in [2.75, 3.05) is 0 Å². The van der Waals surface area contributed by atoms with Crippen LogP contribution in [0.4, 0.5) is 0 Å². The number of aliphatic hydroxyl groups excluding tert-OH is 1. The lowest BCUT2D eigenvalue weighted by Gasteiger charge is -2.14. The minimum absolute atomic E-state index is 0.102. The number of fused-ring (bicyclic) bond motifs is 2. The van der Waals surface area contributed by atoms with E-state index in [9.17, 15) is 5.11 Å². The first-order valence-electron chi connectivity index (χ1n) is 3.89. The lowest BCUT2D eigenvalue weighted by atomic mass is 9.98. The molecule has 2 aliphatic rings. The van der Waals surface area contributed by atoms with Crippen molar-refractivity contribution in [3.8, 4) is 0 Å². The molecule has 0 aromatic rings. The molecule has 10 heavy (non-hydrogen) atoms. The van der Waals surface area contributed by atoms with Gasteiger partial charge in [0.2, 0.25) is 0 Å². The van der Waals surface area contributed by atoms with Crippen molar-refractivity contribution in [3.63, 3.8) is 0 Å². The fraction of sp³-hybridized carbons (Fsp3) is 0.556. The zero-order valence-corrected chi connectivity index (χ0v) is 5.90. The van der Waals surface area contributed by atoms with Gasteiger partial charge in [-0.3, -0.25) is 0 Å². The summed E-state index contributed by atoms with van der Waals surface area (Å²) in [6, 6.07) is 0. The van der Waals surface area contributed by atoms with Crippen LogP contribution in [0.3, 0.4) is 0 Å². The zero-order chi connectivity index (χ0) is 6.97. The third-order valence-electron chi connectivity index (χ3n) is 2.47. The van der Waals surface area contributed by atoms with Gasteiger partial charge >= 0.3 is 0 Å². The Morgan fingerprint density at radius 2 is 1.50 bits per heavy atom. The minimum Gasteiger partial charge on any atom is -0.392 e. The maximum absolute atomic E-state index is 9.59. The lowest BCUT2D eigenvalue weighted by Crippen LogP contribution is -2.19. The van der Waals surface area contributed by atoms with Gasteiger partial charge in [0, 0.05) is 11.8 Å². The highest BCUT2D eigenvalue weighted by Gasteiger charge is 2.29. The highest BCUT2D eigenvalue weighted by molar-refractivity contribution is 5.13. The van der Waals surface area contributed by atoms with Gasteiger partial charge in [0.1, 0.15) is 0 Å². The highest BCUT2D eigenvalue weighted by atomic mass is 16.3. The van der Waals surface area contributed by atoms with Crippen LogP contribution >= 0.6 is 0 Å². The maximum atomic E-state index is 9.59. The van der Waals surface area contributed by atoms with Gasteiger partial charge in [-0.2, -0.15) is 0 Å². The number of aliphatic hydroxyl groups is 1. The third-order valence-corrected chi connectivity index (χ3v) is 2.47. The molecule has 0 aromatic carbocycles. The lowest BCUT2D eigenvalue weighted by molar-refractivity contribution is 0.106. The molecule has 0 unspecified atom stereocenters. The molecular weight excluding hydrogens is 124 g/mol. The van der Waals surface area contributed by atoms with Gasteiger partial charge in [-0.15, -0.1) is 0 Å². The summed E-state index contributed by atoms with van der Waals surface area (Å²) in [5.41, 5.74) is 0. The SMILES string of the molecule is OC1[C@H]2C=C[C@H]1CC=CC2. The van der Waals surface area contributed by atoms with Crippen LogP contribution < -0.4 is 0 Å². The van der Waals surface area contributed by atoms with E-state index in [2.05, 4.69) is 24.3 Å². The van der Waals surface area contributed by atoms with Gasteiger partial charge in [0.25, 0.3) is 0 Å². The quantitative estimate of drug-likeness (QED) is 0.500. The fourth-order valence-corrected chi connectivity index (χ4v) is 1.77. The van der Waals surface area contributed by atoms with Crippen molar-refractivity contribution < 1.29 is 5.11 Å². The van der Waals surface area contributed by atoms with Gasteiger partial charge in [0.15, 0.2) is 0 Å². The van der Waals surface area contributed by atoms with Gasteiger partial charge in [-0.05, 0) is 12.8 Å². The van der Waals surface area contributed by atoms with Crippen LogP contribution in [-0.4, -0.2) is 11.2 Å². The molecule has 2 rings (SSSR count). The van der Waals surface area contributed by atoms with Gasteiger partial charge in [-0.25, -0.2) is 0 Å². The summed E-state index contributed by atoms with van der Waals surface area (Å²) >= 11 is 0. The summed E-state index contributed by atoms with van der Waals surface area (Å²) in [5, 5.41) is 9.59. The van der Waals surface area contributed by atoms with Crippen molar-refractivity contribution in [1.29, 1.82) is 0 Å². The second-order valence-corrected chi connectivity index (χ2v) is 3.15. The predicted octanol–water partition coefficient (Wildman–Crippen LogP) is 1.50. The molecule has 0 aromatic heterocycles. The van der Waals surface area contributed by atoms with E-state index in [1.807, 2.05) is 0 Å². The van der Waals surface area contributed by atoms with E-state index in [0.717, 1.165) is 12.8 Å².